The summed E-state index contributed by atoms with van der Waals surface area (Å²) in [5, 5.41) is 2.11. The van der Waals surface area contributed by atoms with E-state index in [0.29, 0.717) is 0 Å². The van der Waals surface area contributed by atoms with Gasteiger partial charge in [0.05, 0.1) is 6.04 Å². The molecule has 0 bridgehead atoms. The summed E-state index contributed by atoms with van der Waals surface area (Å²) in [7, 11) is 0. The Morgan fingerprint density at radius 2 is 1.81 bits per heavy atom. The van der Waals surface area contributed by atoms with Crippen molar-refractivity contribution in [1.82, 2.24) is 0 Å². The number of thiophene rings is 1. The van der Waals surface area contributed by atoms with Gasteiger partial charge in [0.15, 0.2) is 0 Å². The Balaban J connectivity index is 2.46. The van der Waals surface area contributed by atoms with Crippen LogP contribution < -0.4 is 5.73 Å². The van der Waals surface area contributed by atoms with Gasteiger partial charge in [-0.15, -0.1) is 11.3 Å². The van der Waals surface area contributed by atoms with Crippen LogP contribution in [0.5, 0.6) is 0 Å². The topological polar surface area (TPSA) is 26.0 Å². The monoisotopic (exact) mass is 231 g/mol. The van der Waals surface area contributed by atoms with Crippen LogP contribution in [0.25, 0.3) is 0 Å². The molecule has 1 unspecified atom stereocenters. The van der Waals surface area contributed by atoms with E-state index in [-0.39, 0.29) is 6.04 Å². The van der Waals surface area contributed by atoms with Crippen LogP contribution in [0.1, 0.15) is 33.2 Å². The molecule has 1 aromatic carbocycles. The van der Waals surface area contributed by atoms with E-state index in [9.17, 15) is 0 Å². The van der Waals surface area contributed by atoms with Crippen LogP contribution in [0.15, 0.2) is 29.6 Å². The lowest BCUT2D eigenvalue weighted by Crippen LogP contribution is -2.13. The molecule has 0 aliphatic rings. The molecule has 0 radical (unpaired) electrons. The minimum atomic E-state index is 0.0138. The quantitative estimate of drug-likeness (QED) is 0.837. The number of rotatable bonds is 2. The molecule has 1 heterocycles. The van der Waals surface area contributed by atoms with E-state index in [1.54, 1.807) is 11.3 Å². The molecule has 0 amide bonds. The van der Waals surface area contributed by atoms with Crippen molar-refractivity contribution in [3.05, 3.63) is 56.8 Å². The van der Waals surface area contributed by atoms with Crippen LogP contribution in [-0.2, 0) is 0 Å². The van der Waals surface area contributed by atoms with Crippen LogP contribution in [0.3, 0.4) is 0 Å². The third-order valence-electron chi connectivity index (χ3n) is 3.17. The zero-order valence-corrected chi connectivity index (χ0v) is 10.8. The molecule has 0 fully saturated rings. The fraction of sp³-hybridized carbons (Fsp3) is 0.286. The van der Waals surface area contributed by atoms with E-state index in [1.165, 1.54) is 27.1 Å². The number of nitrogens with two attached hydrogens (primary N) is 1. The van der Waals surface area contributed by atoms with Gasteiger partial charge in [0.25, 0.3) is 0 Å². The van der Waals surface area contributed by atoms with Crippen molar-refractivity contribution in [3.63, 3.8) is 0 Å². The number of hydrogen-bond acceptors (Lipinski definition) is 2. The van der Waals surface area contributed by atoms with E-state index in [4.69, 9.17) is 5.73 Å². The molecule has 2 aromatic rings. The standard InChI is InChI=1S/C14H17NS/c1-9-5-4-6-12(11(9)3)13(15)14-10(2)7-8-16-14/h4-8,13H,15H2,1-3H3. The molecule has 0 saturated heterocycles. The predicted molar refractivity (Wildman–Crippen MR) is 71.0 cm³/mol. The van der Waals surface area contributed by atoms with E-state index in [1.807, 2.05) is 0 Å². The number of aryl methyl sites for hydroxylation is 2. The Labute approximate surface area is 101 Å². The first kappa shape index (κ1) is 11.4. The molecule has 0 aliphatic carbocycles. The first-order valence-corrected chi connectivity index (χ1v) is 6.35. The summed E-state index contributed by atoms with van der Waals surface area (Å²) in [6.07, 6.45) is 0. The summed E-state index contributed by atoms with van der Waals surface area (Å²) in [6, 6.07) is 8.49. The zero-order valence-electron chi connectivity index (χ0n) is 9.95. The van der Waals surface area contributed by atoms with Crippen LogP contribution in [0, 0.1) is 20.8 Å². The molecule has 2 rings (SSSR count). The van der Waals surface area contributed by atoms with E-state index >= 15 is 0 Å². The summed E-state index contributed by atoms with van der Waals surface area (Å²) < 4.78 is 0. The molecule has 1 nitrogen and oxygen atoms in total. The predicted octanol–water partition coefficient (Wildman–Crippen LogP) is 3.72. The Bertz CT molecular complexity index is 499. The molecule has 1 aromatic heterocycles. The Hall–Kier alpha value is -1.12. The van der Waals surface area contributed by atoms with Crippen molar-refractivity contribution in [3.8, 4) is 0 Å². The maximum atomic E-state index is 6.34. The summed E-state index contributed by atoms with van der Waals surface area (Å²) in [5.41, 5.74) is 11.5. The molecule has 0 spiro atoms. The minimum absolute atomic E-state index is 0.0138. The third kappa shape index (κ3) is 1.91. The lowest BCUT2D eigenvalue weighted by atomic mass is 9.96. The number of hydrogen-bond donors (Lipinski definition) is 1. The van der Waals surface area contributed by atoms with Gasteiger partial charge in [-0.3, -0.25) is 0 Å². The average Bonchev–Trinajstić information content (AvgIpc) is 2.68. The van der Waals surface area contributed by atoms with Gasteiger partial charge in [-0.2, -0.15) is 0 Å². The smallest absolute Gasteiger partial charge is 0.0651 e. The molecule has 2 N–H and O–H groups in total. The molecule has 2 heteroatoms. The highest BCUT2D eigenvalue weighted by Gasteiger charge is 2.15. The highest BCUT2D eigenvalue weighted by Crippen LogP contribution is 2.29. The van der Waals surface area contributed by atoms with Gasteiger partial charge in [-0.25, -0.2) is 0 Å². The largest absolute Gasteiger partial charge is 0.320 e. The molecule has 16 heavy (non-hydrogen) atoms. The number of benzene rings is 1. The maximum Gasteiger partial charge on any atom is 0.0651 e. The molecule has 84 valence electrons. The summed E-state index contributed by atoms with van der Waals surface area (Å²) in [6.45, 7) is 6.40. The first-order chi connectivity index (χ1) is 7.61. The Morgan fingerprint density at radius 3 is 2.44 bits per heavy atom. The molecular weight excluding hydrogens is 214 g/mol. The average molecular weight is 231 g/mol. The molecular formula is C14H17NS. The lowest BCUT2D eigenvalue weighted by molar-refractivity contribution is 0.872. The van der Waals surface area contributed by atoms with E-state index in [0.717, 1.165) is 0 Å². The highest BCUT2D eigenvalue weighted by molar-refractivity contribution is 7.10. The van der Waals surface area contributed by atoms with Crippen LogP contribution >= 0.6 is 11.3 Å². The molecule has 0 saturated carbocycles. The van der Waals surface area contributed by atoms with E-state index in [2.05, 4.69) is 50.4 Å². The fourth-order valence-electron chi connectivity index (χ4n) is 1.95. The van der Waals surface area contributed by atoms with Gasteiger partial charge in [0.1, 0.15) is 0 Å². The van der Waals surface area contributed by atoms with Gasteiger partial charge in [-0.1, -0.05) is 18.2 Å². The van der Waals surface area contributed by atoms with Crippen molar-refractivity contribution < 1.29 is 0 Å². The lowest BCUT2D eigenvalue weighted by Gasteiger charge is -2.16. The van der Waals surface area contributed by atoms with Crippen molar-refractivity contribution in [2.24, 2.45) is 5.73 Å². The minimum Gasteiger partial charge on any atom is -0.320 e. The van der Waals surface area contributed by atoms with Gasteiger partial charge in [-0.05, 0) is 54.5 Å². The molecule has 0 aliphatic heterocycles. The van der Waals surface area contributed by atoms with Crippen molar-refractivity contribution in [1.29, 1.82) is 0 Å². The van der Waals surface area contributed by atoms with Crippen LogP contribution in [0.2, 0.25) is 0 Å². The van der Waals surface area contributed by atoms with Gasteiger partial charge in [0, 0.05) is 4.88 Å². The van der Waals surface area contributed by atoms with Crippen LogP contribution in [-0.4, -0.2) is 0 Å². The highest BCUT2D eigenvalue weighted by atomic mass is 32.1. The second-order valence-electron chi connectivity index (χ2n) is 4.23. The Kier molecular flexibility index (Phi) is 3.13. The van der Waals surface area contributed by atoms with Crippen molar-refractivity contribution in [2.75, 3.05) is 0 Å². The first-order valence-electron chi connectivity index (χ1n) is 5.47. The SMILES string of the molecule is Cc1ccsc1C(N)c1cccc(C)c1C. The third-order valence-corrected chi connectivity index (χ3v) is 4.27. The second kappa shape index (κ2) is 4.40. The zero-order chi connectivity index (χ0) is 11.7. The van der Waals surface area contributed by atoms with Crippen molar-refractivity contribution in [2.45, 2.75) is 26.8 Å². The molecule has 1 atom stereocenters. The summed E-state index contributed by atoms with van der Waals surface area (Å²) in [5.74, 6) is 0. The van der Waals surface area contributed by atoms with Gasteiger partial charge in [0.2, 0.25) is 0 Å². The van der Waals surface area contributed by atoms with Crippen LogP contribution in [0.4, 0.5) is 0 Å². The van der Waals surface area contributed by atoms with E-state index < -0.39 is 0 Å². The normalized spacial score (nSPS) is 12.8. The summed E-state index contributed by atoms with van der Waals surface area (Å²) >= 11 is 1.74. The fourth-order valence-corrected chi connectivity index (χ4v) is 2.90. The van der Waals surface area contributed by atoms with Gasteiger partial charge >= 0.3 is 0 Å². The Morgan fingerprint density at radius 1 is 1.06 bits per heavy atom. The maximum absolute atomic E-state index is 6.34. The second-order valence-corrected chi connectivity index (χ2v) is 5.18. The van der Waals surface area contributed by atoms with Gasteiger partial charge < -0.3 is 5.73 Å². The summed E-state index contributed by atoms with van der Waals surface area (Å²) in [4.78, 5) is 1.27. The van der Waals surface area contributed by atoms with Crippen molar-refractivity contribution >= 4 is 11.3 Å².